The van der Waals surface area contributed by atoms with E-state index >= 15 is 0 Å². The lowest BCUT2D eigenvalue weighted by Gasteiger charge is -2.42. The first-order valence-corrected chi connectivity index (χ1v) is 10.3. The van der Waals surface area contributed by atoms with Gasteiger partial charge in [-0.2, -0.15) is 4.89 Å². The molecule has 2 aliphatic carbocycles. The van der Waals surface area contributed by atoms with E-state index in [4.69, 9.17) is 10.5 Å². The molecule has 6 heteroatoms. The minimum Gasteiger partial charge on any atom is -0.468 e. The molecule has 0 radical (unpaired) electrons. The summed E-state index contributed by atoms with van der Waals surface area (Å²) in [7, 11) is -1.24. The van der Waals surface area contributed by atoms with Crippen molar-refractivity contribution in [2.45, 2.75) is 76.4 Å². The molecule has 0 aromatic rings. The number of methoxy groups -OCH3 is 1. The molecule has 0 amide bonds. The van der Waals surface area contributed by atoms with Crippen LogP contribution in [0.3, 0.4) is 0 Å². The predicted octanol–water partition coefficient (Wildman–Crippen LogP) is 3.72. The van der Waals surface area contributed by atoms with Gasteiger partial charge in [0.25, 0.3) is 5.78 Å². The van der Waals surface area contributed by atoms with Gasteiger partial charge in [0.05, 0.1) is 7.11 Å². The van der Waals surface area contributed by atoms with Gasteiger partial charge in [0.1, 0.15) is 5.41 Å². The van der Waals surface area contributed by atoms with Gasteiger partial charge in [-0.15, -0.1) is 0 Å². The maximum atomic E-state index is 12.8. The maximum absolute atomic E-state index is 12.8. The third-order valence-electron chi connectivity index (χ3n) is 6.02. The first-order chi connectivity index (χ1) is 11.0. The highest BCUT2D eigenvalue weighted by molar-refractivity contribution is 7.39. The molecule has 3 N–H and O–H groups in total. The van der Waals surface area contributed by atoms with Crippen LogP contribution in [0.25, 0.3) is 0 Å². The predicted molar refractivity (Wildman–Crippen MR) is 90.0 cm³/mol. The van der Waals surface area contributed by atoms with Gasteiger partial charge in [-0.1, -0.05) is 51.4 Å². The zero-order valence-corrected chi connectivity index (χ0v) is 15.1. The average Bonchev–Trinajstić information content (AvgIpc) is 2.60. The number of nitrogens with two attached hydrogens (primary N) is 1. The molecule has 0 aromatic heterocycles. The van der Waals surface area contributed by atoms with Crippen molar-refractivity contribution in [3.05, 3.63) is 0 Å². The second-order valence-electron chi connectivity index (χ2n) is 7.32. The van der Waals surface area contributed by atoms with Crippen molar-refractivity contribution in [1.82, 2.24) is 0 Å². The van der Waals surface area contributed by atoms with E-state index in [0.717, 1.165) is 44.9 Å². The van der Waals surface area contributed by atoms with E-state index in [-0.39, 0.29) is 11.9 Å². The minimum absolute atomic E-state index is 0.0618. The monoisotopic (exact) mass is 344 g/mol. The normalized spacial score (nSPS) is 25.4. The summed E-state index contributed by atoms with van der Waals surface area (Å²) in [5, 5.41) is 0. The van der Waals surface area contributed by atoms with Crippen molar-refractivity contribution < 1.29 is 19.0 Å². The molecule has 0 spiro atoms. The second-order valence-corrected chi connectivity index (χ2v) is 8.48. The van der Waals surface area contributed by atoms with Gasteiger partial charge in [-0.05, 0) is 35.7 Å². The number of hydrogen-bond donors (Lipinski definition) is 2. The Labute approximate surface area is 140 Å². The highest BCUT2D eigenvalue weighted by Crippen LogP contribution is 2.52. The third kappa shape index (κ3) is 4.12. The first-order valence-electron chi connectivity index (χ1n) is 9.01. The Balaban J connectivity index is 2.34. The second kappa shape index (κ2) is 8.55. The van der Waals surface area contributed by atoms with Crippen LogP contribution >= 0.6 is 8.03 Å². The number of carbonyl (C=O) groups is 1. The lowest BCUT2D eigenvalue weighted by molar-refractivity contribution is -0.160. The Hall–Kier alpha value is -0.510. The van der Waals surface area contributed by atoms with E-state index in [2.05, 4.69) is 0 Å². The zero-order valence-electron chi connectivity index (χ0n) is 14.2. The van der Waals surface area contributed by atoms with Gasteiger partial charge in [0.15, 0.2) is 0 Å². The molecule has 3 unspecified atom stereocenters. The maximum Gasteiger partial charge on any atom is 0.525 e. The Morgan fingerprint density at radius 2 is 1.70 bits per heavy atom. The van der Waals surface area contributed by atoms with Crippen molar-refractivity contribution in [2.75, 3.05) is 7.11 Å². The smallest absolute Gasteiger partial charge is 0.468 e. The molecule has 2 aliphatic rings. The molecular weight excluding hydrogens is 313 g/mol. The summed E-state index contributed by atoms with van der Waals surface area (Å²) in [6.07, 6.45) is 11.4. The summed E-state index contributed by atoms with van der Waals surface area (Å²) >= 11 is 0. The van der Waals surface area contributed by atoms with E-state index in [1.54, 1.807) is 0 Å². The van der Waals surface area contributed by atoms with E-state index in [0.29, 0.717) is 12.3 Å². The molecule has 5 nitrogen and oxygen atoms in total. The molecule has 132 valence electrons. The van der Waals surface area contributed by atoms with Gasteiger partial charge in [-0.3, -0.25) is 10.5 Å². The van der Waals surface area contributed by atoms with Gasteiger partial charge in [0, 0.05) is 0 Å². The van der Waals surface area contributed by atoms with E-state index in [1.807, 2.05) is 0 Å². The van der Waals surface area contributed by atoms with Crippen LogP contribution in [0.4, 0.5) is 0 Å². The Morgan fingerprint density at radius 1 is 1.17 bits per heavy atom. The van der Waals surface area contributed by atoms with Crippen molar-refractivity contribution in [2.24, 2.45) is 23.0 Å². The number of hydrogen-bond acceptors (Lipinski definition) is 4. The Morgan fingerprint density at radius 3 is 2.17 bits per heavy atom. The fourth-order valence-corrected chi connectivity index (χ4v) is 5.59. The molecule has 3 atom stereocenters. The lowest BCUT2D eigenvalue weighted by atomic mass is 9.63. The summed E-state index contributed by atoms with van der Waals surface area (Å²) < 4.78 is 17.0. The summed E-state index contributed by atoms with van der Waals surface area (Å²) in [5.74, 6) is -0.938. The molecule has 0 saturated heterocycles. The van der Waals surface area contributed by atoms with E-state index < -0.39 is 19.2 Å². The quantitative estimate of drug-likeness (QED) is 0.566. The minimum atomic E-state index is -2.61. The summed E-state index contributed by atoms with van der Waals surface area (Å²) in [5.41, 5.74) is 5.19. The summed E-state index contributed by atoms with van der Waals surface area (Å²) in [4.78, 5) is 22.5. The SMILES string of the molecule is COC(=O)C(CC1CCCCC1)(C1CCCCC1)C(N)[P+](=O)O. The van der Waals surface area contributed by atoms with Crippen molar-refractivity contribution in [3.8, 4) is 0 Å². The molecule has 0 aliphatic heterocycles. The third-order valence-corrected chi connectivity index (χ3v) is 6.95. The van der Waals surface area contributed by atoms with Crippen LogP contribution in [0.1, 0.15) is 70.6 Å². The molecule has 23 heavy (non-hydrogen) atoms. The van der Waals surface area contributed by atoms with Gasteiger partial charge in [0.2, 0.25) is 0 Å². The van der Waals surface area contributed by atoms with Gasteiger partial charge in [-0.25, -0.2) is 0 Å². The molecule has 0 bridgehead atoms. The molecule has 2 fully saturated rings. The molecule has 2 saturated carbocycles. The lowest BCUT2D eigenvalue weighted by Crippen LogP contribution is -2.53. The highest BCUT2D eigenvalue weighted by atomic mass is 31.1. The Kier molecular flexibility index (Phi) is 7.00. The van der Waals surface area contributed by atoms with Crippen LogP contribution < -0.4 is 5.73 Å². The fraction of sp³-hybridized carbons (Fsp3) is 0.941. The van der Waals surface area contributed by atoms with Crippen LogP contribution in [-0.4, -0.2) is 23.8 Å². The van der Waals surface area contributed by atoms with Crippen LogP contribution in [0.15, 0.2) is 0 Å². The first kappa shape index (κ1) is 18.8. The fourth-order valence-electron chi connectivity index (χ4n) is 4.77. The van der Waals surface area contributed by atoms with Crippen molar-refractivity contribution in [3.63, 3.8) is 0 Å². The highest BCUT2D eigenvalue weighted by Gasteiger charge is 2.59. The van der Waals surface area contributed by atoms with Crippen molar-refractivity contribution >= 4 is 14.0 Å². The van der Waals surface area contributed by atoms with Crippen LogP contribution in [-0.2, 0) is 14.1 Å². The average molecular weight is 344 g/mol. The van der Waals surface area contributed by atoms with Gasteiger partial charge < -0.3 is 4.74 Å². The van der Waals surface area contributed by atoms with E-state index in [1.165, 1.54) is 26.4 Å². The van der Waals surface area contributed by atoms with Gasteiger partial charge >= 0.3 is 14.0 Å². The summed E-state index contributed by atoms with van der Waals surface area (Å²) in [6, 6.07) is 0. The molecule has 0 heterocycles. The Bertz CT molecular complexity index is 419. The number of esters is 1. The molecule has 0 aromatic carbocycles. The largest absolute Gasteiger partial charge is 0.525 e. The summed E-state index contributed by atoms with van der Waals surface area (Å²) in [6.45, 7) is 0. The molecular formula is C17H31NO4P+. The van der Waals surface area contributed by atoms with Crippen LogP contribution in [0.5, 0.6) is 0 Å². The zero-order chi connectivity index (χ0) is 16.9. The standard InChI is InChI=1S/C17H30NO4P/c1-22-16(19)17(15(18)23(20)21,14-10-6-3-7-11-14)12-13-8-4-2-5-9-13/h13-15H,2-12,18H2,1H3/p+1. The number of rotatable bonds is 6. The van der Waals surface area contributed by atoms with Crippen molar-refractivity contribution in [1.29, 1.82) is 0 Å². The topological polar surface area (TPSA) is 89.6 Å². The van der Waals surface area contributed by atoms with Crippen LogP contribution in [0, 0.1) is 17.3 Å². The van der Waals surface area contributed by atoms with E-state index in [9.17, 15) is 14.3 Å². The number of ether oxygens (including phenoxy) is 1. The molecule has 2 rings (SSSR count). The van der Waals surface area contributed by atoms with Crippen LogP contribution in [0.2, 0.25) is 0 Å². The number of carbonyl (C=O) groups excluding carboxylic acids is 1.